The van der Waals surface area contributed by atoms with E-state index in [9.17, 15) is 14.9 Å². The Hall–Kier alpha value is -3.35. The summed E-state index contributed by atoms with van der Waals surface area (Å²) in [6, 6.07) is 9.31. The van der Waals surface area contributed by atoms with Crippen LogP contribution < -0.4 is 10.4 Å². The van der Waals surface area contributed by atoms with Crippen molar-refractivity contribution >= 4 is 29.0 Å². The molecule has 2 aromatic heterocycles. The molecule has 0 aliphatic rings. The van der Waals surface area contributed by atoms with Gasteiger partial charge in [-0.1, -0.05) is 6.08 Å². The summed E-state index contributed by atoms with van der Waals surface area (Å²) >= 11 is 0. The predicted molar refractivity (Wildman–Crippen MR) is 87.9 cm³/mol. The molecular formula is C17H13NO6. The third-order valence-electron chi connectivity index (χ3n) is 3.28. The first-order chi connectivity index (χ1) is 11.6. The van der Waals surface area contributed by atoms with Gasteiger partial charge in [-0.15, -0.1) is 0 Å². The van der Waals surface area contributed by atoms with E-state index in [0.29, 0.717) is 29.3 Å². The second kappa shape index (κ2) is 6.41. The van der Waals surface area contributed by atoms with Gasteiger partial charge in [0.25, 0.3) is 0 Å². The molecule has 0 atom stereocenters. The lowest BCUT2D eigenvalue weighted by Gasteiger charge is -2.05. The van der Waals surface area contributed by atoms with Crippen LogP contribution in [0, 0.1) is 10.1 Å². The van der Waals surface area contributed by atoms with Gasteiger partial charge in [-0.05, 0) is 36.8 Å². The van der Waals surface area contributed by atoms with Crippen molar-refractivity contribution in [2.24, 2.45) is 0 Å². The molecule has 122 valence electrons. The number of ether oxygens (including phenoxy) is 1. The zero-order valence-corrected chi connectivity index (χ0v) is 12.7. The molecule has 24 heavy (non-hydrogen) atoms. The van der Waals surface area contributed by atoms with Crippen LogP contribution in [0.5, 0.6) is 5.75 Å². The molecule has 0 bridgehead atoms. The smallest absolute Gasteiger partial charge is 0.433 e. The Bertz CT molecular complexity index is 982. The quantitative estimate of drug-likeness (QED) is 0.401. The van der Waals surface area contributed by atoms with Crippen LogP contribution in [-0.2, 0) is 0 Å². The van der Waals surface area contributed by atoms with Crippen molar-refractivity contribution < 1.29 is 18.5 Å². The molecule has 3 rings (SSSR count). The van der Waals surface area contributed by atoms with Crippen LogP contribution in [0.3, 0.4) is 0 Å². The highest BCUT2D eigenvalue weighted by Gasteiger charge is 2.10. The van der Waals surface area contributed by atoms with Gasteiger partial charge >= 0.3 is 11.5 Å². The SMILES string of the molecule is CCOc1ccc2c(/C=C/c3ccc([N+](=O)[O-])o3)cc(=O)oc2c1. The number of hydrogen-bond donors (Lipinski definition) is 0. The van der Waals surface area contributed by atoms with E-state index in [-0.39, 0.29) is 5.88 Å². The molecule has 0 fully saturated rings. The van der Waals surface area contributed by atoms with Crippen molar-refractivity contribution in [2.75, 3.05) is 6.61 Å². The first-order valence-electron chi connectivity index (χ1n) is 7.20. The Kier molecular flexibility index (Phi) is 4.15. The van der Waals surface area contributed by atoms with Crippen LogP contribution in [0.4, 0.5) is 5.88 Å². The summed E-state index contributed by atoms with van der Waals surface area (Å²) in [7, 11) is 0. The lowest BCUT2D eigenvalue weighted by Crippen LogP contribution is -1.98. The summed E-state index contributed by atoms with van der Waals surface area (Å²) in [4.78, 5) is 21.7. The normalized spacial score (nSPS) is 11.2. The summed E-state index contributed by atoms with van der Waals surface area (Å²) in [6.07, 6.45) is 3.19. The Morgan fingerprint density at radius 3 is 2.71 bits per heavy atom. The van der Waals surface area contributed by atoms with Gasteiger partial charge in [0.1, 0.15) is 22.0 Å². The molecule has 0 unspecified atom stereocenters. The first-order valence-corrected chi connectivity index (χ1v) is 7.20. The van der Waals surface area contributed by atoms with Crippen LogP contribution >= 0.6 is 0 Å². The summed E-state index contributed by atoms with van der Waals surface area (Å²) in [5.74, 6) is 0.582. The lowest BCUT2D eigenvalue weighted by molar-refractivity contribution is -0.402. The van der Waals surface area contributed by atoms with E-state index in [0.717, 1.165) is 5.39 Å². The Balaban J connectivity index is 2.00. The second-order valence-corrected chi connectivity index (χ2v) is 4.88. The summed E-state index contributed by atoms with van der Waals surface area (Å²) < 4.78 is 15.6. The molecule has 1 aromatic carbocycles. The van der Waals surface area contributed by atoms with Gasteiger partial charge in [-0.2, -0.15) is 0 Å². The van der Waals surface area contributed by atoms with Crippen molar-refractivity contribution in [3.63, 3.8) is 0 Å². The summed E-state index contributed by atoms with van der Waals surface area (Å²) in [6.45, 7) is 2.37. The number of benzene rings is 1. The van der Waals surface area contributed by atoms with E-state index in [1.807, 2.05) is 6.92 Å². The fourth-order valence-corrected chi connectivity index (χ4v) is 2.26. The van der Waals surface area contributed by atoms with Crippen LogP contribution in [0.15, 0.2) is 50.0 Å². The minimum absolute atomic E-state index is 0.314. The highest BCUT2D eigenvalue weighted by atomic mass is 16.6. The lowest BCUT2D eigenvalue weighted by atomic mass is 10.1. The molecule has 0 saturated heterocycles. The highest BCUT2D eigenvalue weighted by Crippen LogP contribution is 2.24. The van der Waals surface area contributed by atoms with E-state index < -0.39 is 10.5 Å². The Labute approximate surface area is 135 Å². The van der Waals surface area contributed by atoms with Gasteiger partial charge < -0.3 is 13.6 Å². The molecule has 7 nitrogen and oxygen atoms in total. The molecule has 0 aliphatic carbocycles. The maximum absolute atomic E-state index is 11.7. The third-order valence-corrected chi connectivity index (χ3v) is 3.28. The van der Waals surface area contributed by atoms with Gasteiger partial charge in [0.15, 0.2) is 0 Å². The highest BCUT2D eigenvalue weighted by molar-refractivity contribution is 5.89. The largest absolute Gasteiger partial charge is 0.494 e. The fourth-order valence-electron chi connectivity index (χ4n) is 2.26. The van der Waals surface area contributed by atoms with E-state index in [2.05, 4.69) is 0 Å². The number of furan rings is 1. The zero-order valence-electron chi connectivity index (χ0n) is 12.7. The van der Waals surface area contributed by atoms with Crippen LogP contribution in [0.2, 0.25) is 0 Å². The maximum Gasteiger partial charge on any atom is 0.433 e. The van der Waals surface area contributed by atoms with Crippen molar-refractivity contribution in [3.05, 3.63) is 68.3 Å². The van der Waals surface area contributed by atoms with Gasteiger partial charge in [0.05, 0.1) is 12.7 Å². The topological polar surface area (TPSA) is 95.7 Å². The molecule has 0 radical (unpaired) electrons. The number of fused-ring (bicyclic) bond motifs is 1. The van der Waals surface area contributed by atoms with Crippen LogP contribution in [0.25, 0.3) is 23.1 Å². The molecule has 0 saturated carbocycles. The molecule has 2 heterocycles. The van der Waals surface area contributed by atoms with E-state index in [1.165, 1.54) is 18.2 Å². The number of rotatable bonds is 5. The Morgan fingerprint density at radius 1 is 1.17 bits per heavy atom. The van der Waals surface area contributed by atoms with Gasteiger partial charge in [-0.3, -0.25) is 10.1 Å². The molecule has 7 heteroatoms. The third kappa shape index (κ3) is 3.19. The van der Waals surface area contributed by atoms with Crippen molar-refractivity contribution in [1.29, 1.82) is 0 Å². The molecule has 3 aromatic rings. The Morgan fingerprint density at radius 2 is 2.00 bits per heavy atom. The van der Waals surface area contributed by atoms with Crippen molar-refractivity contribution in [1.82, 2.24) is 0 Å². The summed E-state index contributed by atoms with van der Waals surface area (Å²) in [5, 5.41) is 11.3. The fraction of sp³-hybridized carbons (Fsp3) is 0.118. The average Bonchev–Trinajstić information content (AvgIpc) is 3.01. The molecular weight excluding hydrogens is 314 g/mol. The van der Waals surface area contributed by atoms with Crippen LogP contribution in [-0.4, -0.2) is 11.5 Å². The van der Waals surface area contributed by atoms with Crippen molar-refractivity contribution in [3.8, 4) is 5.75 Å². The molecule has 0 N–H and O–H groups in total. The van der Waals surface area contributed by atoms with Crippen LogP contribution in [0.1, 0.15) is 18.2 Å². The standard InChI is InChI=1S/C17H13NO6/c1-2-22-13-5-7-14-11(9-17(19)24-15(14)10-13)3-4-12-6-8-16(23-12)18(20)21/h3-10H,2H2,1H3/b4-3+. The van der Waals surface area contributed by atoms with Crippen molar-refractivity contribution in [2.45, 2.75) is 6.92 Å². The predicted octanol–water partition coefficient (Wildman–Crippen LogP) is 3.86. The van der Waals surface area contributed by atoms with E-state index >= 15 is 0 Å². The number of hydrogen-bond acceptors (Lipinski definition) is 6. The second-order valence-electron chi connectivity index (χ2n) is 4.88. The van der Waals surface area contributed by atoms with E-state index in [1.54, 1.807) is 30.4 Å². The molecule has 0 spiro atoms. The van der Waals surface area contributed by atoms with E-state index in [4.69, 9.17) is 13.6 Å². The van der Waals surface area contributed by atoms with Gasteiger partial charge in [0, 0.05) is 17.5 Å². The number of nitro groups is 1. The molecule has 0 aliphatic heterocycles. The van der Waals surface area contributed by atoms with Gasteiger partial charge in [0.2, 0.25) is 0 Å². The molecule has 0 amide bonds. The minimum atomic E-state index is -0.612. The maximum atomic E-state index is 11.7. The van der Waals surface area contributed by atoms with Gasteiger partial charge in [-0.25, -0.2) is 4.79 Å². The minimum Gasteiger partial charge on any atom is -0.494 e. The summed E-state index contributed by atoms with van der Waals surface area (Å²) in [5.41, 5.74) is 0.517. The first kappa shape index (κ1) is 15.5. The number of nitrogens with zero attached hydrogens (tertiary/aromatic N) is 1. The zero-order chi connectivity index (χ0) is 17.1. The monoisotopic (exact) mass is 327 g/mol. The average molecular weight is 327 g/mol.